The molecule has 84 valence electrons. The molecule has 0 aliphatic heterocycles. The molecule has 0 aromatic heterocycles. The van der Waals surface area contributed by atoms with Crippen molar-refractivity contribution < 1.29 is 0 Å². The zero-order chi connectivity index (χ0) is 11.4. The lowest BCUT2D eigenvalue weighted by molar-refractivity contribution is 0.482. The highest BCUT2D eigenvalue weighted by Crippen LogP contribution is 2.18. The molecular weight excluding hydrogens is 184 g/mol. The topological polar surface area (TPSA) is 38.0 Å². The molecule has 1 rings (SSSR count). The van der Waals surface area contributed by atoms with Crippen molar-refractivity contribution in [3.63, 3.8) is 0 Å². The summed E-state index contributed by atoms with van der Waals surface area (Å²) in [6.07, 6.45) is 0. The average molecular weight is 206 g/mol. The Morgan fingerprint density at radius 3 is 2.40 bits per heavy atom. The van der Waals surface area contributed by atoms with Gasteiger partial charge in [-0.05, 0) is 25.0 Å². The highest BCUT2D eigenvalue weighted by atomic mass is 15.0. The van der Waals surface area contributed by atoms with Crippen molar-refractivity contribution in [2.45, 2.75) is 39.8 Å². The number of nitrogens with one attached hydrogen (secondary N) is 1. The van der Waals surface area contributed by atoms with Gasteiger partial charge in [-0.2, -0.15) is 0 Å². The minimum atomic E-state index is 0.269. The minimum absolute atomic E-state index is 0.269. The first-order chi connectivity index (χ1) is 7.04. The molecule has 2 heteroatoms. The number of hydrogen-bond donors (Lipinski definition) is 2. The van der Waals surface area contributed by atoms with Crippen LogP contribution < -0.4 is 11.1 Å². The SMILES string of the molecule is Cc1ccc(C(CN)NC(C)C)c(C)c1. The molecule has 1 aromatic rings. The second-order valence-electron chi connectivity index (χ2n) is 4.47. The van der Waals surface area contributed by atoms with E-state index in [4.69, 9.17) is 5.73 Å². The van der Waals surface area contributed by atoms with Crippen LogP contribution in [0.5, 0.6) is 0 Å². The Kier molecular flexibility index (Phi) is 4.30. The van der Waals surface area contributed by atoms with E-state index < -0.39 is 0 Å². The van der Waals surface area contributed by atoms with E-state index >= 15 is 0 Å². The summed E-state index contributed by atoms with van der Waals surface area (Å²) in [6.45, 7) is 9.19. The van der Waals surface area contributed by atoms with Crippen LogP contribution in [0, 0.1) is 13.8 Å². The number of benzene rings is 1. The van der Waals surface area contributed by atoms with Crippen LogP contribution in [-0.4, -0.2) is 12.6 Å². The van der Waals surface area contributed by atoms with Gasteiger partial charge < -0.3 is 11.1 Å². The molecule has 0 aliphatic carbocycles. The first-order valence-electron chi connectivity index (χ1n) is 5.58. The van der Waals surface area contributed by atoms with Crippen LogP contribution in [-0.2, 0) is 0 Å². The van der Waals surface area contributed by atoms with Crippen LogP contribution in [0.15, 0.2) is 18.2 Å². The molecule has 0 saturated carbocycles. The Morgan fingerprint density at radius 2 is 1.93 bits per heavy atom. The highest BCUT2D eigenvalue weighted by molar-refractivity contribution is 5.33. The highest BCUT2D eigenvalue weighted by Gasteiger charge is 2.12. The van der Waals surface area contributed by atoms with E-state index in [0.717, 1.165) is 0 Å². The second kappa shape index (κ2) is 5.29. The third kappa shape index (κ3) is 3.33. The fourth-order valence-electron chi connectivity index (χ4n) is 1.90. The Balaban J connectivity index is 2.91. The van der Waals surface area contributed by atoms with Gasteiger partial charge in [-0.25, -0.2) is 0 Å². The van der Waals surface area contributed by atoms with E-state index in [1.165, 1.54) is 16.7 Å². The van der Waals surface area contributed by atoms with E-state index in [1.807, 2.05) is 0 Å². The van der Waals surface area contributed by atoms with Gasteiger partial charge in [0.1, 0.15) is 0 Å². The fraction of sp³-hybridized carbons (Fsp3) is 0.538. The van der Waals surface area contributed by atoms with Gasteiger partial charge in [-0.15, -0.1) is 0 Å². The molecule has 0 radical (unpaired) electrons. The molecule has 1 aromatic carbocycles. The van der Waals surface area contributed by atoms with Crippen molar-refractivity contribution in [3.8, 4) is 0 Å². The largest absolute Gasteiger partial charge is 0.329 e. The number of hydrogen-bond acceptors (Lipinski definition) is 2. The second-order valence-corrected chi connectivity index (χ2v) is 4.47. The summed E-state index contributed by atoms with van der Waals surface area (Å²) in [4.78, 5) is 0. The van der Waals surface area contributed by atoms with Crippen molar-refractivity contribution in [2.75, 3.05) is 6.54 Å². The molecule has 2 nitrogen and oxygen atoms in total. The summed E-state index contributed by atoms with van der Waals surface area (Å²) in [5.74, 6) is 0. The van der Waals surface area contributed by atoms with Crippen molar-refractivity contribution in [3.05, 3.63) is 34.9 Å². The van der Waals surface area contributed by atoms with Crippen molar-refractivity contribution in [1.29, 1.82) is 0 Å². The van der Waals surface area contributed by atoms with Crippen LogP contribution in [0.1, 0.15) is 36.6 Å². The predicted molar refractivity (Wildman–Crippen MR) is 66.0 cm³/mol. The van der Waals surface area contributed by atoms with Gasteiger partial charge in [0.2, 0.25) is 0 Å². The van der Waals surface area contributed by atoms with Gasteiger partial charge in [0, 0.05) is 18.6 Å². The molecule has 0 bridgehead atoms. The summed E-state index contributed by atoms with van der Waals surface area (Å²) >= 11 is 0. The Morgan fingerprint density at radius 1 is 1.27 bits per heavy atom. The first-order valence-corrected chi connectivity index (χ1v) is 5.58. The maximum Gasteiger partial charge on any atom is 0.0449 e. The summed E-state index contributed by atoms with van der Waals surface area (Å²) in [6, 6.07) is 7.26. The molecule has 0 fully saturated rings. The minimum Gasteiger partial charge on any atom is -0.329 e. The van der Waals surface area contributed by atoms with Crippen LogP contribution in [0.3, 0.4) is 0 Å². The number of rotatable bonds is 4. The standard InChI is InChI=1S/C13H22N2/c1-9(2)15-13(8-14)12-6-5-10(3)7-11(12)4/h5-7,9,13,15H,8,14H2,1-4H3. The summed E-state index contributed by atoms with van der Waals surface area (Å²) < 4.78 is 0. The summed E-state index contributed by atoms with van der Waals surface area (Å²) in [5.41, 5.74) is 9.73. The molecule has 0 spiro atoms. The molecule has 0 aliphatic rings. The average Bonchev–Trinajstić information content (AvgIpc) is 2.14. The van der Waals surface area contributed by atoms with Gasteiger partial charge in [0.15, 0.2) is 0 Å². The molecule has 0 heterocycles. The smallest absolute Gasteiger partial charge is 0.0449 e. The third-order valence-electron chi connectivity index (χ3n) is 2.57. The Labute approximate surface area is 92.9 Å². The monoisotopic (exact) mass is 206 g/mol. The van der Waals surface area contributed by atoms with Gasteiger partial charge >= 0.3 is 0 Å². The lowest BCUT2D eigenvalue weighted by atomic mass is 9.99. The van der Waals surface area contributed by atoms with E-state index in [1.54, 1.807) is 0 Å². The number of aryl methyl sites for hydroxylation is 2. The van der Waals surface area contributed by atoms with E-state index in [-0.39, 0.29) is 6.04 Å². The molecular formula is C13H22N2. The Bertz CT molecular complexity index is 318. The Hall–Kier alpha value is -0.860. The summed E-state index contributed by atoms with van der Waals surface area (Å²) in [5, 5.41) is 3.48. The van der Waals surface area contributed by atoms with Gasteiger partial charge in [0.25, 0.3) is 0 Å². The number of nitrogens with two attached hydrogens (primary N) is 1. The van der Waals surface area contributed by atoms with Crippen LogP contribution >= 0.6 is 0 Å². The van der Waals surface area contributed by atoms with E-state index in [2.05, 4.69) is 51.2 Å². The first kappa shape index (κ1) is 12.2. The zero-order valence-electron chi connectivity index (χ0n) is 10.2. The van der Waals surface area contributed by atoms with Gasteiger partial charge in [0.05, 0.1) is 0 Å². The molecule has 15 heavy (non-hydrogen) atoms. The van der Waals surface area contributed by atoms with Gasteiger partial charge in [-0.1, -0.05) is 37.6 Å². The van der Waals surface area contributed by atoms with Crippen molar-refractivity contribution >= 4 is 0 Å². The normalized spacial score (nSPS) is 13.2. The van der Waals surface area contributed by atoms with Crippen LogP contribution in [0.25, 0.3) is 0 Å². The zero-order valence-corrected chi connectivity index (χ0v) is 10.2. The summed E-state index contributed by atoms with van der Waals surface area (Å²) in [7, 11) is 0. The predicted octanol–water partition coefficient (Wildman–Crippen LogP) is 2.30. The van der Waals surface area contributed by atoms with Crippen LogP contribution in [0.4, 0.5) is 0 Å². The van der Waals surface area contributed by atoms with Crippen LogP contribution in [0.2, 0.25) is 0 Å². The third-order valence-corrected chi connectivity index (χ3v) is 2.57. The molecule has 3 N–H and O–H groups in total. The molecule has 1 atom stereocenters. The van der Waals surface area contributed by atoms with Crippen molar-refractivity contribution in [1.82, 2.24) is 5.32 Å². The quantitative estimate of drug-likeness (QED) is 0.793. The van der Waals surface area contributed by atoms with E-state index in [9.17, 15) is 0 Å². The lowest BCUT2D eigenvalue weighted by Crippen LogP contribution is -2.33. The lowest BCUT2D eigenvalue weighted by Gasteiger charge is -2.22. The van der Waals surface area contributed by atoms with Gasteiger partial charge in [-0.3, -0.25) is 0 Å². The molecule has 0 amide bonds. The fourth-order valence-corrected chi connectivity index (χ4v) is 1.90. The molecule has 0 saturated heterocycles. The van der Waals surface area contributed by atoms with E-state index in [0.29, 0.717) is 12.6 Å². The maximum absolute atomic E-state index is 5.80. The van der Waals surface area contributed by atoms with Crippen molar-refractivity contribution in [2.24, 2.45) is 5.73 Å². The molecule has 1 unspecified atom stereocenters. The maximum atomic E-state index is 5.80.